The molecule has 1 aromatic heterocycles. The van der Waals surface area contributed by atoms with E-state index in [1.54, 1.807) is 12.3 Å². The number of rotatable bonds is 2. The van der Waals surface area contributed by atoms with Crippen LogP contribution in [0.4, 0.5) is 0 Å². The van der Waals surface area contributed by atoms with Gasteiger partial charge < -0.3 is 10.2 Å². The van der Waals surface area contributed by atoms with Crippen molar-refractivity contribution >= 4 is 5.91 Å². The summed E-state index contributed by atoms with van der Waals surface area (Å²) in [5.74, 6) is 0.0538. The van der Waals surface area contributed by atoms with Gasteiger partial charge in [0.1, 0.15) is 0 Å². The minimum absolute atomic E-state index is 0.0538. The van der Waals surface area contributed by atoms with Crippen molar-refractivity contribution in [3.63, 3.8) is 0 Å². The molecule has 1 N–H and O–H groups in total. The molecule has 0 bridgehead atoms. The van der Waals surface area contributed by atoms with Crippen LogP contribution in [-0.4, -0.2) is 46.7 Å². The molecule has 0 atom stereocenters. The van der Waals surface area contributed by atoms with Crippen molar-refractivity contribution in [1.29, 1.82) is 0 Å². The molecule has 0 aromatic carbocycles. The third-order valence-corrected chi connectivity index (χ3v) is 3.59. The molecule has 1 amide bonds. The summed E-state index contributed by atoms with van der Waals surface area (Å²) >= 11 is 0. The third kappa shape index (κ3) is 2.61. The largest absolute Gasteiger partial charge is 0.338 e. The van der Waals surface area contributed by atoms with E-state index in [1.807, 2.05) is 11.9 Å². The van der Waals surface area contributed by atoms with Crippen LogP contribution >= 0.6 is 0 Å². The Labute approximate surface area is 101 Å². The molecule has 1 fully saturated rings. The molecule has 1 aliphatic rings. The number of nitrogens with zero attached hydrogens (tertiary/aromatic N) is 3. The van der Waals surface area contributed by atoms with Gasteiger partial charge >= 0.3 is 0 Å². The van der Waals surface area contributed by atoms with Crippen LogP contribution in [0, 0.1) is 0 Å². The van der Waals surface area contributed by atoms with Gasteiger partial charge in [-0.05, 0) is 32.9 Å². The molecule has 1 aliphatic heterocycles. The number of hydrogen-bond acceptors (Lipinski definition) is 4. The van der Waals surface area contributed by atoms with Gasteiger partial charge in [-0.1, -0.05) is 0 Å². The van der Waals surface area contributed by atoms with E-state index < -0.39 is 0 Å². The highest BCUT2D eigenvalue weighted by atomic mass is 16.2. The van der Waals surface area contributed by atoms with E-state index in [1.165, 1.54) is 6.20 Å². The molecule has 92 valence electrons. The van der Waals surface area contributed by atoms with Crippen molar-refractivity contribution in [2.24, 2.45) is 0 Å². The van der Waals surface area contributed by atoms with Crippen molar-refractivity contribution in [1.82, 2.24) is 20.4 Å². The minimum Gasteiger partial charge on any atom is -0.338 e. The number of likely N-dealkylation sites (tertiary alicyclic amines) is 1. The normalized spacial score (nSPS) is 19.1. The molecular formula is C12H18N4O. The fourth-order valence-electron chi connectivity index (χ4n) is 2.05. The van der Waals surface area contributed by atoms with E-state index in [0.29, 0.717) is 5.56 Å². The number of carbonyl (C=O) groups excluding carboxylic acids is 1. The summed E-state index contributed by atoms with van der Waals surface area (Å²) in [7, 11) is 1.98. The Morgan fingerprint density at radius 1 is 1.41 bits per heavy atom. The highest BCUT2D eigenvalue weighted by Gasteiger charge is 2.30. The van der Waals surface area contributed by atoms with Crippen LogP contribution in [0.2, 0.25) is 0 Å². The molecule has 1 saturated heterocycles. The van der Waals surface area contributed by atoms with Crippen LogP contribution in [-0.2, 0) is 0 Å². The number of hydrogen-bond donors (Lipinski definition) is 1. The van der Waals surface area contributed by atoms with Crippen LogP contribution < -0.4 is 5.32 Å². The van der Waals surface area contributed by atoms with Crippen molar-refractivity contribution in [3.8, 4) is 0 Å². The monoisotopic (exact) mass is 234 g/mol. The zero-order valence-corrected chi connectivity index (χ0v) is 10.3. The molecule has 0 saturated carbocycles. The first-order chi connectivity index (χ1) is 8.14. The maximum atomic E-state index is 12.1. The standard InChI is InChI=1S/C12H18N4O/c1-12(13-2)4-7-16(8-5-12)11(17)10-3-6-14-15-9-10/h3,6,9,13H,4-5,7-8H2,1-2H3. The van der Waals surface area contributed by atoms with E-state index in [0.717, 1.165) is 25.9 Å². The zero-order chi connectivity index (χ0) is 12.3. The Bertz CT molecular complexity index is 385. The average Bonchev–Trinajstić information content (AvgIpc) is 2.40. The van der Waals surface area contributed by atoms with Crippen molar-refractivity contribution in [3.05, 3.63) is 24.0 Å². The van der Waals surface area contributed by atoms with Crippen LogP contribution in [0.15, 0.2) is 18.5 Å². The summed E-state index contributed by atoms with van der Waals surface area (Å²) in [6.45, 7) is 3.78. The highest BCUT2D eigenvalue weighted by molar-refractivity contribution is 5.93. The molecule has 5 heteroatoms. The maximum absolute atomic E-state index is 12.1. The molecule has 0 radical (unpaired) electrons. The van der Waals surface area contributed by atoms with Crippen molar-refractivity contribution in [2.75, 3.05) is 20.1 Å². The Hall–Kier alpha value is -1.49. The molecule has 0 spiro atoms. The van der Waals surface area contributed by atoms with Crippen LogP contribution in [0.3, 0.4) is 0 Å². The summed E-state index contributed by atoms with van der Waals surface area (Å²) in [5, 5.41) is 10.7. The van der Waals surface area contributed by atoms with Crippen LogP contribution in [0.5, 0.6) is 0 Å². The second-order valence-electron chi connectivity index (χ2n) is 4.73. The molecular weight excluding hydrogens is 216 g/mol. The van der Waals surface area contributed by atoms with E-state index in [9.17, 15) is 4.79 Å². The van der Waals surface area contributed by atoms with E-state index in [-0.39, 0.29) is 11.4 Å². The quantitative estimate of drug-likeness (QED) is 0.818. The summed E-state index contributed by atoms with van der Waals surface area (Å²) in [5.41, 5.74) is 0.779. The summed E-state index contributed by atoms with van der Waals surface area (Å²) in [6.07, 6.45) is 5.03. The van der Waals surface area contributed by atoms with Gasteiger partial charge in [-0.3, -0.25) is 4.79 Å². The van der Waals surface area contributed by atoms with Gasteiger partial charge in [-0.2, -0.15) is 10.2 Å². The number of aromatic nitrogens is 2. The average molecular weight is 234 g/mol. The number of amides is 1. The summed E-state index contributed by atoms with van der Waals surface area (Å²) in [4.78, 5) is 14.0. The van der Waals surface area contributed by atoms with E-state index in [4.69, 9.17) is 0 Å². The summed E-state index contributed by atoms with van der Waals surface area (Å²) < 4.78 is 0. The zero-order valence-electron chi connectivity index (χ0n) is 10.3. The van der Waals surface area contributed by atoms with Gasteiger partial charge in [-0.15, -0.1) is 0 Å². The third-order valence-electron chi connectivity index (χ3n) is 3.59. The van der Waals surface area contributed by atoms with Crippen molar-refractivity contribution < 1.29 is 4.79 Å². The van der Waals surface area contributed by atoms with Gasteiger partial charge in [0.05, 0.1) is 18.0 Å². The fraction of sp³-hybridized carbons (Fsp3) is 0.583. The lowest BCUT2D eigenvalue weighted by Crippen LogP contribution is -2.51. The molecule has 1 aromatic rings. The lowest BCUT2D eigenvalue weighted by Gasteiger charge is -2.39. The van der Waals surface area contributed by atoms with Gasteiger partial charge in [0.2, 0.25) is 0 Å². The molecule has 0 unspecified atom stereocenters. The second kappa shape index (κ2) is 4.79. The lowest BCUT2D eigenvalue weighted by molar-refractivity contribution is 0.0661. The topological polar surface area (TPSA) is 58.1 Å². The maximum Gasteiger partial charge on any atom is 0.255 e. The number of carbonyl (C=O) groups is 1. The Balaban J connectivity index is 2.00. The molecule has 17 heavy (non-hydrogen) atoms. The summed E-state index contributed by atoms with van der Waals surface area (Å²) in [6, 6.07) is 1.71. The molecule has 5 nitrogen and oxygen atoms in total. The minimum atomic E-state index is 0.0538. The molecule has 2 rings (SSSR count). The van der Waals surface area contributed by atoms with Gasteiger partial charge in [0.15, 0.2) is 0 Å². The Kier molecular flexibility index (Phi) is 3.38. The predicted octanol–water partition coefficient (Wildman–Crippen LogP) is 0.691. The van der Waals surface area contributed by atoms with E-state index in [2.05, 4.69) is 22.4 Å². The Morgan fingerprint density at radius 3 is 2.65 bits per heavy atom. The second-order valence-corrected chi connectivity index (χ2v) is 4.73. The van der Waals surface area contributed by atoms with Gasteiger partial charge in [0.25, 0.3) is 5.91 Å². The lowest BCUT2D eigenvalue weighted by atomic mass is 9.90. The highest BCUT2D eigenvalue weighted by Crippen LogP contribution is 2.22. The SMILES string of the molecule is CNC1(C)CCN(C(=O)c2ccnnc2)CC1. The van der Waals surface area contributed by atoms with E-state index >= 15 is 0 Å². The number of nitrogens with one attached hydrogen (secondary N) is 1. The predicted molar refractivity (Wildman–Crippen MR) is 64.6 cm³/mol. The first-order valence-electron chi connectivity index (χ1n) is 5.89. The molecule has 0 aliphatic carbocycles. The Morgan fingerprint density at radius 2 is 2.12 bits per heavy atom. The molecule has 2 heterocycles. The smallest absolute Gasteiger partial charge is 0.255 e. The van der Waals surface area contributed by atoms with Gasteiger partial charge in [0, 0.05) is 18.6 Å². The van der Waals surface area contributed by atoms with Gasteiger partial charge in [-0.25, -0.2) is 0 Å². The van der Waals surface area contributed by atoms with Crippen LogP contribution in [0.25, 0.3) is 0 Å². The van der Waals surface area contributed by atoms with Crippen molar-refractivity contribution in [2.45, 2.75) is 25.3 Å². The first kappa shape index (κ1) is 12.0. The number of piperidine rings is 1. The first-order valence-corrected chi connectivity index (χ1v) is 5.89. The van der Waals surface area contributed by atoms with Crippen LogP contribution in [0.1, 0.15) is 30.1 Å². The fourth-order valence-corrected chi connectivity index (χ4v) is 2.05.